The number of Topliss-reactive ketones (excluding diaryl/α,β-unsaturated/α-hetero) is 1. The molecule has 2 rings (SSSR count). The zero-order valence-corrected chi connectivity index (χ0v) is 12.1. The number of nitriles is 1. The van der Waals surface area contributed by atoms with Crippen LogP contribution >= 0.6 is 0 Å². The van der Waals surface area contributed by atoms with Crippen LogP contribution in [0.1, 0.15) is 35.3 Å². The molecule has 1 heterocycles. The third kappa shape index (κ3) is 2.89. The summed E-state index contributed by atoms with van der Waals surface area (Å²) in [6.45, 7) is 7.37. The summed E-state index contributed by atoms with van der Waals surface area (Å²) in [5.41, 5.74) is 3.78. The number of hydrogen-bond donors (Lipinski definition) is 2. The molecule has 1 aliphatic rings. The molecule has 0 amide bonds. The molecule has 2 N–H and O–H groups in total. The lowest BCUT2D eigenvalue weighted by Gasteiger charge is -2.25. The molecule has 0 unspecified atom stereocenters. The summed E-state index contributed by atoms with van der Waals surface area (Å²) in [5, 5.41) is 15.4. The molecule has 0 radical (unpaired) electrons. The molecule has 0 aromatic heterocycles. The molecule has 0 aliphatic carbocycles. The Morgan fingerprint density at radius 1 is 1.35 bits per heavy atom. The van der Waals surface area contributed by atoms with Crippen molar-refractivity contribution < 1.29 is 4.79 Å². The summed E-state index contributed by atoms with van der Waals surface area (Å²) in [5.74, 6) is 0.268. The van der Waals surface area contributed by atoms with Crippen LogP contribution in [0.5, 0.6) is 0 Å². The molecule has 0 bridgehead atoms. The Balaban J connectivity index is 2.45. The van der Waals surface area contributed by atoms with Gasteiger partial charge in [0.15, 0.2) is 0 Å². The van der Waals surface area contributed by atoms with Crippen molar-refractivity contribution >= 4 is 5.78 Å². The first-order valence-corrected chi connectivity index (χ1v) is 6.77. The van der Waals surface area contributed by atoms with Crippen LogP contribution in [0.4, 0.5) is 0 Å². The van der Waals surface area contributed by atoms with Gasteiger partial charge in [0.2, 0.25) is 5.78 Å². The van der Waals surface area contributed by atoms with Gasteiger partial charge in [-0.15, -0.1) is 0 Å². The van der Waals surface area contributed by atoms with Gasteiger partial charge in [-0.3, -0.25) is 10.1 Å². The third-order valence-electron chi connectivity index (χ3n) is 3.42. The van der Waals surface area contributed by atoms with E-state index >= 15 is 0 Å². The average Bonchev–Trinajstić information content (AvgIpc) is 2.45. The fraction of sp³-hybridized carbons (Fsp3) is 0.375. The molecule has 20 heavy (non-hydrogen) atoms. The highest BCUT2D eigenvalue weighted by Gasteiger charge is 2.22. The topological polar surface area (TPSA) is 64.9 Å². The second-order valence-electron chi connectivity index (χ2n) is 5.36. The number of hydrogen-bond acceptors (Lipinski definition) is 4. The van der Waals surface area contributed by atoms with E-state index in [1.165, 1.54) is 0 Å². The zero-order valence-electron chi connectivity index (χ0n) is 12.1. The molecule has 4 nitrogen and oxygen atoms in total. The lowest BCUT2D eigenvalue weighted by Crippen LogP contribution is -2.40. The summed E-state index contributed by atoms with van der Waals surface area (Å²) >= 11 is 0. The van der Waals surface area contributed by atoms with Crippen LogP contribution in [0.2, 0.25) is 0 Å². The van der Waals surface area contributed by atoms with Gasteiger partial charge in [0.1, 0.15) is 0 Å². The number of nitrogens with one attached hydrogen (secondary N) is 2. The molecule has 0 fully saturated rings. The van der Waals surface area contributed by atoms with E-state index in [4.69, 9.17) is 5.26 Å². The predicted octanol–water partition coefficient (Wildman–Crippen LogP) is 2.11. The maximum Gasteiger partial charge on any atom is 0.208 e. The van der Waals surface area contributed by atoms with Crippen molar-refractivity contribution in [2.75, 3.05) is 13.2 Å². The van der Waals surface area contributed by atoms with Crippen molar-refractivity contribution in [1.82, 2.24) is 10.6 Å². The molecule has 0 atom stereocenters. The summed E-state index contributed by atoms with van der Waals surface area (Å²) < 4.78 is 0. The Morgan fingerprint density at radius 2 is 2.10 bits per heavy atom. The number of carbonyl (C=O) groups excluding carboxylic acids is 1. The van der Waals surface area contributed by atoms with Crippen LogP contribution in [0.15, 0.2) is 29.5 Å². The lowest BCUT2D eigenvalue weighted by molar-refractivity contribution is 0.102. The van der Waals surface area contributed by atoms with E-state index in [1.807, 2.05) is 13.0 Å². The summed E-state index contributed by atoms with van der Waals surface area (Å²) in [4.78, 5) is 12.7. The second-order valence-corrected chi connectivity index (χ2v) is 5.36. The molecular weight excluding hydrogens is 250 g/mol. The zero-order chi connectivity index (χ0) is 14.7. The largest absolute Gasteiger partial charge is 0.369 e. The SMILES string of the molecule is Cc1cc(C#N)cc(C(=O)C2=C(C(C)C)CNCN2)c1. The maximum absolute atomic E-state index is 12.7. The maximum atomic E-state index is 12.7. The first-order chi connectivity index (χ1) is 9.52. The average molecular weight is 269 g/mol. The minimum Gasteiger partial charge on any atom is -0.369 e. The molecule has 4 heteroatoms. The van der Waals surface area contributed by atoms with Gasteiger partial charge >= 0.3 is 0 Å². The summed E-state index contributed by atoms with van der Waals surface area (Å²) in [6, 6.07) is 7.37. The van der Waals surface area contributed by atoms with Crippen molar-refractivity contribution in [3.8, 4) is 6.07 Å². The van der Waals surface area contributed by atoms with Crippen LogP contribution in [0.25, 0.3) is 0 Å². The minimum absolute atomic E-state index is 0.0320. The van der Waals surface area contributed by atoms with Crippen LogP contribution < -0.4 is 10.6 Å². The molecule has 1 aliphatic heterocycles. The van der Waals surface area contributed by atoms with Crippen LogP contribution in [-0.4, -0.2) is 19.0 Å². The minimum atomic E-state index is -0.0320. The van der Waals surface area contributed by atoms with E-state index in [-0.39, 0.29) is 5.78 Å². The number of allylic oxidation sites excluding steroid dienone is 1. The molecular formula is C16H19N3O. The Labute approximate surface area is 119 Å². The molecule has 104 valence electrons. The lowest BCUT2D eigenvalue weighted by atomic mass is 9.94. The Bertz CT molecular complexity index is 609. The second kappa shape index (κ2) is 5.89. The van der Waals surface area contributed by atoms with Crippen LogP contribution in [-0.2, 0) is 0 Å². The number of carbonyl (C=O) groups is 1. The van der Waals surface area contributed by atoms with Crippen molar-refractivity contribution in [3.63, 3.8) is 0 Å². The summed E-state index contributed by atoms with van der Waals surface area (Å²) in [7, 11) is 0. The summed E-state index contributed by atoms with van der Waals surface area (Å²) in [6.07, 6.45) is 0. The predicted molar refractivity (Wildman–Crippen MR) is 78.1 cm³/mol. The quantitative estimate of drug-likeness (QED) is 0.825. The number of aryl methyl sites for hydroxylation is 1. The molecule has 0 saturated heterocycles. The first-order valence-electron chi connectivity index (χ1n) is 6.77. The highest BCUT2D eigenvalue weighted by molar-refractivity contribution is 6.09. The van der Waals surface area contributed by atoms with Gasteiger partial charge in [0, 0.05) is 12.1 Å². The van der Waals surface area contributed by atoms with E-state index in [9.17, 15) is 4.79 Å². The highest BCUT2D eigenvalue weighted by atomic mass is 16.1. The van der Waals surface area contributed by atoms with Gasteiger partial charge in [-0.05, 0) is 42.2 Å². The number of nitrogens with zero attached hydrogens (tertiary/aromatic N) is 1. The number of rotatable bonds is 3. The monoisotopic (exact) mass is 269 g/mol. The van der Waals surface area contributed by atoms with Gasteiger partial charge in [-0.1, -0.05) is 13.8 Å². The van der Waals surface area contributed by atoms with Crippen molar-refractivity contribution in [3.05, 3.63) is 46.2 Å². The smallest absolute Gasteiger partial charge is 0.208 e. The molecule has 1 aromatic rings. The first kappa shape index (κ1) is 14.3. The van der Waals surface area contributed by atoms with Crippen molar-refractivity contribution in [1.29, 1.82) is 5.26 Å². The van der Waals surface area contributed by atoms with E-state index in [0.29, 0.717) is 29.4 Å². The molecule has 0 spiro atoms. The van der Waals surface area contributed by atoms with Gasteiger partial charge in [0.25, 0.3) is 0 Å². The van der Waals surface area contributed by atoms with Gasteiger partial charge in [-0.2, -0.15) is 5.26 Å². The van der Waals surface area contributed by atoms with E-state index in [2.05, 4.69) is 30.6 Å². The highest BCUT2D eigenvalue weighted by Crippen LogP contribution is 2.20. The van der Waals surface area contributed by atoms with Gasteiger partial charge < -0.3 is 5.32 Å². The van der Waals surface area contributed by atoms with Crippen LogP contribution in [0.3, 0.4) is 0 Å². The fourth-order valence-corrected chi connectivity index (χ4v) is 2.39. The normalized spacial score (nSPS) is 14.9. The van der Waals surface area contributed by atoms with Crippen molar-refractivity contribution in [2.45, 2.75) is 20.8 Å². The Kier molecular flexibility index (Phi) is 4.21. The Morgan fingerprint density at radius 3 is 2.75 bits per heavy atom. The standard InChI is InChI=1S/C16H19N3O/c1-10(2)14-8-18-9-19-15(14)16(20)13-5-11(3)4-12(6-13)7-17/h4-6,10,18-19H,8-9H2,1-3H3. The number of ketones is 1. The third-order valence-corrected chi connectivity index (χ3v) is 3.42. The molecule has 0 saturated carbocycles. The molecule has 1 aromatic carbocycles. The van der Waals surface area contributed by atoms with E-state index in [0.717, 1.165) is 17.7 Å². The van der Waals surface area contributed by atoms with Gasteiger partial charge in [-0.25, -0.2) is 0 Å². The van der Waals surface area contributed by atoms with E-state index < -0.39 is 0 Å². The van der Waals surface area contributed by atoms with Gasteiger partial charge in [0.05, 0.1) is 24.0 Å². The Hall–Kier alpha value is -2.12. The van der Waals surface area contributed by atoms with Crippen molar-refractivity contribution in [2.24, 2.45) is 5.92 Å². The van der Waals surface area contributed by atoms with Crippen LogP contribution in [0, 0.1) is 24.2 Å². The fourth-order valence-electron chi connectivity index (χ4n) is 2.39. The van der Waals surface area contributed by atoms with E-state index in [1.54, 1.807) is 12.1 Å². The number of benzene rings is 1.